The lowest BCUT2D eigenvalue weighted by atomic mass is 10.1. The van der Waals surface area contributed by atoms with Gasteiger partial charge in [-0.15, -0.1) is 11.3 Å². The number of hydrogen-bond donors (Lipinski definition) is 0. The first kappa shape index (κ1) is 14.5. The molecule has 4 nitrogen and oxygen atoms in total. The van der Waals surface area contributed by atoms with E-state index in [9.17, 15) is 0 Å². The van der Waals surface area contributed by atoms with Gasteiger partial charge in [0, 0.05) is 35.2 Å². The number of nitrogens with zero attached hydrogens (tertiary/aromatic N) is 2. The summed E-state index contributed by atoms with van der Waals surface area (Å²) in [5, 5.41) is 3.10. The molecule has 0 fully saturated rings. The number of para-hydroxylation sites is 1. The van der Waals surface area contributed by atoms with Crippen LogP contribution < -0.4 is 9.47 Å². The highest BCUT2D eigenvalue weighted by molar-refractivity contribution is 7.10. The minimum absolute atomic E-state index is 0.605. The second kappa shape index (κ2) is 6.58. The molecule has 2 heterocycles. The molecule has 112 valence electrons. The first-order chi connectivity index (χ1) is 10.8. The molecule has 0 saturated heterocycles. The van der Waals surface area contributed by atoms with Crippen molar-refractivity contribution in [2.75, 3.05) is 14.2 Å². The molecule has 0 atom stereocenters. The quantitative estimate of drug-likeness (QED) is 0.718. The molecule has 0 amide bonds. The fourth-order valence-electron chi connectivity index (χ4n) is 2.19. The van der Waals surface area contributed by atoms with Crippen LogP contribution in [0.5, 0.6) is 11.6 Å². The molecular formula is C17H16N2O2S. The topological polar surface area (TPSA) is 44.2 Å². The summed E-state index contributed by atoms with van der Waals surface area (Å²) >= 11 is 1.64. The second-order valence-corrected chi connectivity index (χ2v) is 5.65. The number of hydrogen-bond acceptors (Lipinski definition) is 5. The van der Waals surface area contributed by atoms with Crippen molar-refractivity contribution in [3.63, 3.8) is 0 Å². The highest BCUT2D eigenvalue weighted by Crippen LogP contribution is 2.26. The molecule has 0 bridgehead atoms. The van der Waals surface area contributed by atoms with Crippen molar-refractivity contribution in [3.05, 3.63) is 58.5 Å². The van der Waals surface area contributed by atoms with E-state index in [0.717, 1.165) is 34.0 Å². The maximum atomic E-state index is 5.39. The lowest BCUT2D eigenvalue weighted by Gasteiger charge is -2.05. The smallest absolute Gasteiger partial charge is 0.212 e. The predicted molar refractivity (Wildman–Crippen MR) is 87.7 cm³/mol. The van der Waals surface area contributed by atoms with Gasteiger partial charge in [-0.2, -0.15) is 0 Å². The van der Waals surface area contributed by atoms with Crippen molar-refractivity contribution in [2.24, 2.45) is 0 Å². The van der Waals surface area contributed by atoms with Crippen molar-refractivity contribution in [1.29, 1.82) is 0 Å². The molecule has 22 heavy (non-hydrogen) atoms. The van der Waals surface area contributed by atoms with Crippen molar-refractivity contribution < 1.29 is 9.47 Å². The SMILES string of the molecule is COc1ccc(-c2csc(Cc3ccccc3OC)n2)cn1. The first-order valence-corrected chi connectivity index (χ1v) is 7.75. The first-order valence-electron chi connectivity index (χ1n) is 6.87. The monoisotopic (exact) mass is 312 g/mol. The van der Waals surface area contributed by atoms with Gasteiger partial charge >= 0.3 is 0 Å². The molecule has 0 saturated carbocycles. The van der Waals surface area contributed by atoms with Crippen LogP contribution in [0.2, 0.25) is 0 Å². The maximum Gasteiger partial charge on any atom is 0.212 e. The number of ether oxygens (including phenoxy) is 2. The van der Waals surface area contributed by atoms with Gasteiger partial charge in [0.2, 0.25) is 5.88 Å². The zero-order valence-electron chi connectivity index (χ0n) is 12.4. The summed E-state index contributed by atoms with van der Waals surface area (Å²) in [6.45, 7) is 0. The van der Waals surface area contributed by atoms with E-state index in [1.165, 1.54) is 0 Å². The van der Waals surface area contributed by atoms with Crippen LogP contribution in [0, 0.1) is 0 Å². The van der Waals surface area contributed by atoms with Gasteiger partial charge in [0.1, 0.15) is 5.75 Å². The molecule has 0 aliphatic carbocycles. The molecule has 1 aromatic carbocycles. The average molecular weight is 312 g/mol. The molecule has 2 aromatic heterocycles. The van der Waals surface area contributed by atoms with Gasteiger partial charge in [0.05, 0.1) is 24.9 Å². The van der Waals surface area contributed by atoms with E-state index in [2.05, 4.69) is 16.0 Å². The van der Waals surface area contributed by atoms with Crippen LogP contribution in [0.1, 0.15) is 10.6 Å². The number of benzene rings is 1. The molecular weight excluding hydrogens is 296 g/mol. The fourth-order valence-corrected chi connectivity index (χ4v) is 3.02. The van der Waals surface area contributed by atoms with E-state index in [0.29, 0.717) is 5.88 Å². The summed E-state index contributed by atoms with van der Waals surface area (Å²) in [6.07, 6.45) is 2.54. The van der Waals surface area contributed by atoms with Crippen LogP contribution in [0.15, 0.2) is 48.0 Å². The van der Waals surface area contributed by atoms with Crippen LogP contribution >= 0.6 is 11.3 Å². The zero-order valence-corrected chi connectivity index (χ0v) is 13.3. The van der Waals surface area contributed by atoms with E-state index in [-0.39, 0.29) is 0 Å². The van der Waals surface area contributed by atoms with Crippen LogP contribution in [-0.2, 0) is 6.42 Å². The molecule has 3 rings (SSSR count). The third kappa shape index (κ3) is 3.09. The van der Waals surface area contributed by atoms with Crippen molar-refractivity contribution in [2.45, 2.75) is 6.42 Å². The van der Waals surface area contributed by atoms with Crippen LogP contribution in [0.4, 0.5) is 0 Å². The predicted octanol–water partition coefficient (Wildman–Crippen LogP) is 3.81. The minimum atomic E-state index is 0.605. The van der Waals surface area contributed by atoms with Crippen LogP contribution in [0.25, 0.3) is 11.3 Å². The molecule has 5 heteroatoms. The van der Waals surface area contributed by atoms with Crippen LogP contribution in [0.3, 0.4) is 0 Å². The summed E-state index contributed by atoms with van der Waals surface area (Å²) in [7, 11) is 3.30. The normalized spacial score (nSPS) is 10.5. The van der Waals surface area contributed by atoms with Gasteiger partial charge in [-0.05, 0) is 12.1 Å². The average Bonchev–Trinajstić information content (AvgIpc) is 3.04. The number of rotatable bonds is 5. The number of pyridine rings is 1. The Labute approximate surface area is 133 Å². The maximum absolute atomic E-state index is 5.39. The highest BCUT2D eigenvalue weighted by Gasteiger charge is 2.09. The minimum Gasteiger partial charge on any atom is -0.496 e. The summed E-state index contributed by atoms with van der Waals surface area (Å²) in [6, 6.07) is 11.8. The number of thiazole rings is 1. The molecule has 3 aromatic rings. The van der Waals surface area contributed by atoms with E-state index >= 15 is 0 Å². The van der Waals surface area contributed by atoms with E-state index < -0.39 is 0 Å². The summed E-state index contributed by atoms with van der Waals surface area (Å²) in [4.78, 5) is 8.91. The third-order valence-electron chi connectivity index (χ3n) is 3.33. The van der Waals surface area contributed by atoms with Crippen LogP contribution in [-0.4, -0.2) is 24.2 Å². The summed E-state index contributed by atoms with van der Waals surface area (Å²) in [5.41, 5.74) is 3.06. The Kier molecular flexibility index (Phi) is 4.34. The Morgan fingerprint density at radius 3 is 2.64 bits per heavy atom. The van der Waals surface area contributed by atoms with E-state index in [1.807, 2.05) is 35.7 Å². The largest absolute Gasteiger partial charge is 0.496 e. The molecule has 0 spiro atoms. The third-order valence-corrected chi connectivity index (χ3v) is 4.18. The molecule has 0 aliphatic rings. The van der Waals surface area contributed by atoms with Crippen molar-refractivity contribution >= 4 is 11.3 Å². The van der Waals surface area contributed by atoms with Gasteiger partial charge in [-0.3, -0.25) is 0 Å². The van der Waals surface area contributed by atoms with Gasteiger partial charge in [0.15, 0.2) is 0 Å². The summed E-state index contributed by atoms with van der Waals surface area (Å²) < 4.78 is 10.5. The number of methoxy groups -OCH3 is 2. The molecule has 0 N–H and O–H groups in total. The van der Waals surface area contributed by atoms with Crippen molar-refractivity contribution in [3.8, 4) is 22.9 Å². The van der Waals surface area contributed by atoms with Gasteiger partial charge in [-0.1, -0.05) is 18.2 Å². The second-order valence-electron chi connectivity index (χ2n) is 4.70. The number of aromatic nitrogens is 2. The Balaban J connectivity index is 1.81. The standard InChI is InChI=1S/C17H16N2O2S/c1-20-15-6-4-3-5-12(15)9-17-19-14(11-22-17)13-7-8-16(21-2)18-10-13/h3-8,10-11H,9H2,1-2H3. The van der Waals surface area contributed by atoms with Crippen molar-refractivity contribution in [1.82, 2.24) is 9.97 Å². The Hall–Kier alpha value is -2.40. The van der Waals surface area contributed by atoms with E-state index in [4.69, 9.17) is 9.47 Å². The van der Waals surface area contributed by atoms with E-state index in [1.54, 1.807) is 31.8 Å². The fraction of sp³-hybridized carbons (Fsp3) is 0.176. The molecule has 0 aliphatic heterocycles. The Morgan fingerprint density at radius 1 is 1.05 bits per heavy atom. The Morgan fingerprint density at radius 2 is 1.91 bits per heavy atom. The zero-order chi connectivity index (χ0) is 15.4. The lowest BCUT2D eigenvalue weighted by molar-refractivity contribution is 0.398. The lowest BCUT2D eigenvalue weighted by Crippen LogP contribution is -1.93. The molecule has 0 unspecified atom stereocenters. The van der Waals surface area contributed by atoms with Gasteiger partial charge in [-0.25, -0.2) is 9.97 Å². The Bertz CT molecular complexity index is 753. The summed E-state index contributed by atoms with van der Waals surface area (Å²) in [5.74, 6) is 1.50. The molecule has 0 radical (unpaired) electrons. The van der Waals surface area contributed by atoms with Gasteiger partial charge < -0.3 is 9.47 Å². The van der Waals surface area contributed by atoms with Gasteiger partial charge in [0.25, 0.3) is 0 Å². The highest BCUT2D eigenvalue weighted by atomic mass is 32.1.